The van der Waals surface area contributed by atoms with Crippen LogP contribution in [0.4, 0.5) is 5.69 Å². The molecule has 0 fully saturated rings. The fraction of sp³-hybridized carbons (Fsp3) is 0.300. The Balaban J connectivity index is 1.66. The van der Waals surface area contributed by atoms with Gasteiger partial charge in [0.1, 0.15) is 0 Å². The lowest BCUT2D eigenvalue weighted by molar-refractivity contribution is -0.384. The molecule has 3 rings (SSSR count). The third kappa shape index (κ3) is 4.49. The first-order valence-electron chi connectivity index (χ1n) is 9.17. The van der Waals surface area contributed by atoms with Crippen LogP contribution < -0.4 is 5.76 Å². The molecule has 0 bridgehead atoms. The molecule has 1 aromatic heterocycles. The van der Waals surface area contributed by atoms with E-state index in [9.17, 15) is 19.7 Å². The molecule has 0 saturated carbocycles. The van der Waals surface area contributed by atoms with Crippen molar-refractivity contribution in [2.45, 2.75) is 32.4 Å². The van der Waals surface area contributed by atoms with Gasteiger partial charge >= 0.3 is 5.76 Å². The summed E-state index contributed by atoms with van der Waals surface area (Å²) >= 11 is 12.2. The van der Waals surface area contributed by atoms with Gasteiger partial charge in [0.15, 0.2) is 5.58 Å². The van der Waals surface area contributed by atoms with Crippen molar-refractivity contribution in [2.24, 2.45) is 0 Å². The lowest BCUT2D eigenvalue weighted by Crippen LogP contribution is -2.30. The summed E-state index contributed by atoms with van der Waals surface area (Å²) < 4.78 is 6.46. The van der Waals surface area contributed by atoms with Crippen molar-refractivity contribution in [3.63, 3.8) is 0 Å². The molecule has 0 N–H and O–H groups in total. The third-order valence-electron chi connectivity index (χ3n) is 5.02. The van der Waals surface area contributed by atoms with Crippen molar-refractivity contribution in [1.29, 1.82) is 0 Å². The number of oxazole rings is 1. The van der Waals surface area contributed by atoms with Crippen molar-refractivity contribution >= 4 is 45.9 Å². The maximum absolute atomic E-state index is 12.6. The van der Waals surface area contributed by atoms with Gasteiger partial charge < -0.3 is 9.32 Å². The highest BCUT2D eigenvalue weighted by Gasteiger charge is 2.20. The van der Waals surface area contributed by atoms with Crippen molar-refractivity contribution in [1.82, 2.24) is 9.47 Å². The predicted octanol–water partition coefficient (Wildman–Crippen LogP) is 4.81. The van der Waals surface area contributed by atoms with Gasteiger partial charge in [-0.2, -0.15) is 0 Å². The monoisotopic (exact) mass is 451 g/mol. The molecule has 1 heterocycles. The van der Waals surface area contributed by atoms with E-state index in [0.717, 1.165) is 5.56 Å². The molecule has 10 heteroatoms. The van der Waals surface area contributed by atoms with E-state index in [-0.39, 0.29) is 36.2 Å². The number of amides is 1. The summed E-state index contributed by atoms with van der Waals surface area (Å²) in [6.45, 7) is 2.12. The minimum absolute atomic E-state index is 0.106. The van der Waals surface area contributed by atoms with Crippen LogP contribution in [0.25, 0.3) is 11.1 Å². The van der Waals surface area contributed by atoms with Gasteiger partial charge in [-0.15, -0.1) is 0 Å². The number of aromatic nitrogens is 1. The summed E-state index contributed by atoms with van der Waals surface area (Å²) in [6.07, 6.45) is 0.605. The highest BCUT2D eigenvalue weighted by Crippen LogP contribution is 2.29. The molecule has 0 aliphatic heterocycles. The normalized spacial score (nSPS) is 12.1. The van der Waals surface area contributed by atoms with Crippen LogP contribution in [0.5, 0.6) is 0 Å². The number of carbonyl (C=O) groups excluding carboxylic acids is 1. The van der Waals surface area contributed by atoms with Crippen molar-refractivity contribution in [3.8, 4) is 0 Å². The molecule has 30 heavy (non-hydrogen) atoms. The van der Waals surface area contributed by atoms with Gasteiger partial charge in [0, 0.05) is 36.1 Å². The minimum atomic E-state index is -0.618. The molecule has 0 spiro atoms. The van der Waals surface area contributed by atoms with E-state index >= 15 is 0 Å². The van der Waals surface area contributed by atoms with Crippen LogP contribution >= 0.6 is 23.2 Å². The summed E-state index contributed by atoms with van der Waals surface area (Å²) in [7, 11) is 1.69. The van der Waals surface area contributed by atoms with E-state index < -0.39 is 10.7 Å². The van der Waals surface area contributed by atoms with Gasteiger partial charge in [0.25, 0.3) is 5.69 Å². The van der Waals surface area contributed by atoms with E-state index in [1.54, 1.807) is 30.1 Å². The largest absolute Gasteiger partial charge is 0.419 e. The number of fused-ring (bicyclic) bond motifs is 1. The van der Waals surface area contributed by atoms with Crippen LogP contribution in [-0.2, 0) is 11.3 Å². The summed E-state index contributed by atoms with van der Waals surface area (Å²) in [5.41, 5.74) is 1.22. The van der Waals surface area contributed by atoms with E-state index in [1.165, 1.54) is 22.8 Å². The number of nitrogens with zero attached hydrogens (tertiary/aromatic N) is 3. The van der Waals surface area contributed by atoms with E-state index in [1.807, 2.05) is 6.92 Å². The zero-order chi connectivity index (χ0) is 22.0. The van der Waals surface area contributed by atoms with Crippen molar-refractivity contribution < 1.29 is 14.1 Å². The number of non-ortho nitro benzene ring substituents is 1. The van der Waals surface area contributed by atoms with Crippen LogP contribution in [0.15, 0.2) is 45.6 Å². The highest BCUT2D eigenvalue weighted by atomic mass is 35.5. The van der Waals surface area contributed by atoms with Crippen molar-refractivity contribution in [2.75, 3.05) is 7.05 Å². The maximum atomic E-state index is 12.6. The quantitative estimate of drug-likeness (QED) is 0.379. The Labute approximate surface area is 181 Å². The lowest BCUT2D eigenvalue weighted by Gasteiger charge is -2.26. The number of carbonyl (C=O) groups is 1. The number of halogens is 2. The second kappa shape index (κ2) is 8.89. The Morgan fingerprint density at radius 1 is 1.27 bits per heavy atom. The molecular weight excluding hydrogens is 433 g/mol. The first kappa shape index (κ1) is 21.9. The van der Waals surface area contributed by atoms with Gasteiger partial charge in [-0.05, 0) is 37.1 Å². The fourth-order valence-electron chi connectivity index (χ4n) is 3.21. The summed E-state index contributed by atoms with van der Waals surface area (Å²) in [5, 5.41) is 11.9. The maximum Gasteiger partial charge on any atom is 0.419 e. The van der Waals surface area contributed by atoms with Crippen LogP contribution in [-0.4, -0.2) is 27.3 Å². The Morgan fingerprint density at radius 2 is 2.00 bits per heavy atom. The summed E-state index contributed by atoms with van der Waals surface area (Å²) in [4.78, 5) is 36.6. The second-order valence-corrected chi connectivity index (χ2v) is 7.72. The SMILES string of the molecule is CC(c1ccc(Cl)cc1Cl)N(C)C(=O)CCCn1c(=O)oc2cc([N+](=O)[O-])ccc21. The molecule has 1 amide bonds. The lowest BCUT2D eigenvalue weighted by atomic mass is 10.1. The zero-order valence-corrected chi connectivity index (χ0v) is 17.8. The minimum Gasteiger partial charge on any atom is -0.407 e. The van der Waals surface area contributed by atoms with E-state index in [0.29, 0.717) is 22.0 Å². The van der Waals surface area contributed by atoms with Crippen LogP contribution in [0.1, 0.15) is 31.4 Å². The van der Waals surface area contributed by atoms with E-state index in [2.05, 4.69) is 0 Å². The van der Waals surface area contributed by atoms with Gasteiger partial charge in [0.05, 0.1) is 22.5 Å². The molecule has 1 atom stereocenters. The molecule has 158 valence electrons. The van der Waals surface area contributed by atoms with Gasteiger partial charge in [-0.1, -0.05) is 29.3 Å². The average molecular weight is 452 g/mol. The van der Waals surface area contributed by atoms with Gasteiger partial charge in [-0.25, -0.2) is 4.79 Å². The Hall–Kier alpha value is -2.84. The molecule has 1 unspecified atom stereocenters. The zero-order valence-electron chi connectivity index (χ0n) is 16.3. The molecule has 3 aromatic rings. The smallest absolute Gasteiger partial charge is 0.407 e. The molecular formula is C20H19Cl2N3O5. The third-order valence-corrected chi connectivity index (χ3v) is 5.58. The number of nitro benzene ring substituents is 1. The summed E-state index contributed by atoms with van der Waals surface area (Å²) in [6, 6.07) is 8.88. The average Bonchev–Trinajstić information content (AvgIpc) is 3.01. The van der Waals surface area contributed by atoms with E-state index in [4.69, 9.17) is 27.6 Å². The van der Waals surface area contributed by atoms with Crippen LogP contribution in [0, 0.1) is 10.1 Å². The predicted molar refractivity (Wildman–Crippen MR) is 114 cm³/mol. The second-order valence-electron chi connectivity index (χ2n) is 6.88. The highest BCUT2D eigenvalue weighted by molar-refractivity contribution is 6.35. The molecule has 0 radical (unpaired) electrons. The number of aryl methyl sites for hydroxylation is 1. The number of hydrogen-bond acceptors (Lipinski definition) is 5. The molecule has 0 saturated heterocycles. The Morgan fingerprint density at radius 3 is 2.67 bits per heavy atom. The molecule has 2 aromatic carbocycles. The number of hydrogen-bond donors (Lipinski definition) is 0. The number of benzene rings is 2. The fourth-order valence-corrected chi connectivity index (χ4v) is 3.78. The summed E-state index contributed by atoms with van der Waals surface area (Å²) in [5.74, 6) is -0.724. The Bertz CT molecular complexity index is 1170. The molecule has 0 aliphatic rings. The first-order chi connectivity index (χ1) is 14.2. The first-order valence-corrected chi connectivity index (χ1v) is 9.93. The standard InChI is InChI=1S/C20H19Cl2N3O5/c1-12(15-7-5-13(21)10-16(15)22)23(2)19(26)4-3-9-24-17-8-6-14(25(28)29)11-18(17)30-20(24)27/h5-8,10-12H,3-4,9H2,1-2H3. The van der Waals surface area contributed by atoms with Crippen LogP contribution in [0.2, 0.25) is 10.0 Å². The molecule has 0 aliphatic carbocycles. The van der Waals surface area contributed by atoms with Gasteiger partial charge in [-0.3, -0.25) is 19.5 Å². The van der Waals surface area contributed by atoms with Crippen molar-refractivity contribution in [3.05, 3.63) is 72.7 Å². The number of nitro groups is 1. The topological polar surface area (TPSA) is 98.6 Å². The Kier molecular flexibility index (Phi) is 6.48. The van der Waals surface area contributed by atoms with Gasteiger partial charge in [0.2, 0.25) is 5.91 Å². The number of rotatable bonds is 7. The molecule has 8 nitrogen and oxygen atoms in total. The van der Waals surface area contributed by atoms with Crippen LogP contribution in [0.3, 0.4) is 0 Å².